The van der Waals surface area contributed by atoms with Crippen molar-refractivity contribution in [1.29, 1.82) is 0 Å². The van der Waals surface area contributed by atoms with E-state index in [1.165, 1.54) is 0 Å². The number of ether oxygens (including phenoxy) is 1. The molecule has 0 saturated carbocycles. The molecule has 0 bridgehead atoms. The molecule has 0 rings (SSSR count). The summed E-state index contributed by atoms with van der Waals surface area (Å²) in [7, 11) is 0. The summed E-state index contributed by atoms with van der Waals surface area (Å²) in [6, 6.07) is 0. The summed E-state index contributed by atoms with van der Waals surface area (Å²) >= 11 is 0. The van der Waals surface area contributed by atoms with Gasteiger partial charge in [-0.25, -0.2) is 0 Å². The number of carbonyl (C=O) groups excluding carboxylic acids is 1. The Labute approximate surface area is 80.7 Å². The zero-order chi connectivity index (χ0) is 11.2. The lowest BCUT2D eigenvalue weighted by Gasteiger charge is -2.17. The second kappa shape index (κ2) is 5.67. The van der Waals surface area contributed by atoms with E-state index in [9.17, 15) is 18.0 Å². The Hall–Kier alpha value is -1.00. The number of allylic oxidation sites excluding steroid dienone is 1. The molecule has 1 atom stereocenters. The molecule has 0 aliphatic carbocycles. The first-order valence-electron chi connectivity index (χ1n) is 4.25. The highest BCUT2D eigenvalue weighted by molar-refractivity contribution is 5.69. The molecule has 0 aromatic heterocycles. The Morgan fingerprint density at radius 3 is 2.50 bits per heavy atom. The maximum absolute atomic E-state index is 12.3. The van der Waals surface area contributed by atoms with Gasteiger partial charge in [-0.15, -0.1) is 6.58 Å². The van der Waals surface area contributed by atoms with Crippen LogP contribution in [0.15, 0.2) is 12.7 Å². The Morgan fingerprint density at radius 1 is 1.57 bits per heavy atom. The maximum Gasteiger partial charge on any atom is 0.392 e. The SMILES string of the molecule is C=CCC(CC(=O)OCC)C(F)(F)F. The molecule has 0 aromatic carbocycles. The van der Waals surface area contributed by atoms with Crippen LogP contribution < -0.4 is 0 Å². The highest BCUT2D eigenvalue weighted by Gasteiger charge is 2.40. The number of halogens is 3. The Morgan fingerprint density at radius 2 is 2.14 bits per heavy atom. The van der Waals surface area contributed by atoms with E-state index in [1.54, 1.807) is 6.92 Å². The normalized spacial score (nSPS) is 13.4. The fourth-order valence-corrected chi connectivity index (χ4v) is 0.955. The van der Waals surface area contributed by atoms with Crippen molar-refractivity contribution in [2.24, 2.45) is 5.92 Å². The molecule has 0 spiro atoms. The molecular formula is C9H13F3O2. The Bertz CT molecular complexity index is 199. The lowest BCUT2D eigenvalue weighted by atomic mass is 10.0. The summed E-state index contributed by atoms with van der Waals surface area (Å²) in [6.45, 7) is 4.86. The first-order valence-corrected chi connectivity index (χ1v) is 4.25. The Kier molecular flexibility index (Phi) is 5.27. The van der Waals surface area contributed by atoms with Crippen molar-refractivity contribution >= 4 is 5.97 Å². The third-order valence-electron chi connectivity index (χ3n) is 1.63. The molecule has 0 aliphatic heterocycles. The van der Waals surface area contributed by atoms with Gasteiger partial charge in [0.05, 0.1) is 18.9 Å². The average Bonchev–Trinajstić information content (AvgIpc) is 2.02. The van der Waals surface area contributed by atoms with Crippen molar-refractivity contribution in [1.82, 2.24) is 0 Å². The molecule has 0 radical (unpaired) electrons. The molecule has 1 unspecified atom stereocenters. The molecule has 5 heteroatoms. The van der Waals surface area contributed by atoms with Crippen LogP contribution in [0, 0.1) is 5.92 Å². The predicted octanol–water partition coefficient (Wildman–Crippen LogP) is 2.69. The lowest BCUT2D eigenvalue weighted by Crippen LogP contribution is -2.26. The van der Waals surface area contributed by atoms with Crippen LogP contribution in [0.5, 0.6) is 0 Å². The van der Waals surface area contributed by atoms with Crippen LogP contribution in [-0.2, 0) is 9.53 Å². The van der Waals surface area contributed by atoms with Crippen molar-refractivity contribution in [3.63, 3.8) is 0 Å². The van der Waals surface area contributed by atoms with Crippen LogP contribution in [0.2, 0.25) is 0 Å². The fourth-order valence-electron chi connectivity index (χ4n) is 0.955. The number of hydrogen-bond donors (Lipinski definition) is 0. The van der Waals surface area contributed by atoms with E-state index in [2.05, 4.69) is 11.3 Å². The molecule has 0 aliphatic rings. The zero-order valence-corrected chi connectivity index (χ0v) is 7.93. The molecule has 0 amide bonds. The van der Waals surface area contributed by atoms with E-state index in [1.807, 2.05) is 0 Å². The minimum atomic E-state index is -4.37. The van der Waals surface area contributed by atoms with Gasteiger partial charge in [-0.3, -0.25) is 4.79 Å². The van der Waals surface area contributed by atoms with Gasteiger partial charge in [0.15, 0.2) is 0 Å². The minimum absolute atomic E-state index is 0.0947. The summed E-state index contributed by atoms with van der Waals surface area (Å²) in [5, 5.41) is 0. The van der Waals surface area contributed by atoms with Crippen LogP contribution in [0.4, 0.5) is 13.2 Å². The molecule has 82 valence electrons. The van der Waals surface area contributed by atoms with Crippen LogP contribution in [0.25, 0.3) is 0 Å². The molecule has 0 saturated heterocycles. The summed E-state index contributed by atoms with van der Waals surface area (Å²) in [6.07, 6.45) is -4.12. The van der Waals surface area contributed by atoms with Gasteiger partial charge in [0, 0.05) is 0 Å². The average molecular weight is 210 g/mol. The number of esters is 1. The lowest BCUT2D eigenvalue weighted by molar-refractivity contribution is -0.183. The molecule has 0 aromatic rings. The predicted molar refractivity (Wildman–Crippen MR) is 45.6 cm³/mol. The number of alkyl halides is 3. The third kappa shape index (κ3) is 4.89. The molecule has 0 heterocycles. The monoisotopic (exact) mass is 210 g/mol. The summed E-state index contributed by atoms with van der Waals surface area (Å²) in [4.78, 5) is 10.8. The molecular weight excluding hydrogens is 197 g/mol. The Balaban J connectivity index is 4.23. The van der Waals surface area contributed by atoms with Gasteiger partial charge in [0.2, 0.25) is 0 Å². The van der Waals surface area contributed by atoms with E-state index in [0.717, 1.165) is 6.08 Å². The van der Waals surface area contributed by atoms with E-state index >= 15 is 0 Å². The highest BCUT2D eigenvalue weighted by Crippen LogP contribution is 2.31. The second-order valence-electron chi connectivity index (χ2n) is 2.77. The highest BCUT2D eigenvalue weighted by atomic mass is 19.4. The quantitative estimate of drug-likeness (QED) is 0.515. The second-order valence-corrected chi connectivity index (χ2v) is 2.77. The first kappa shape index (κ1) is 13.0. The standard InChI is InChI=1S/C9H13F3O2/c1-3-5-7(9(10,11)12)6-8(13)14-4-2/h3,7H,1,4-6H2,2H3. The fraction of sp³-hybridized carbons (Fsp3) is 0.667. The van der Waals surface area contributed by atoms with Gasteiger partial charge in [-0.1, -0.05) is 6.08 Å². The van der Waals surface area contributed by atoms with E-state index < -0.39 is 24.5 Å². The zero-order valence-electron chi connectivity index (χ0n) is 7.93. The summed E-state index contributed by atoms with van der Waals surface area (Å²) < 4.78 is 41.2. The minimum Gasteiger partial charge on any atom is -0.466 e. The van der Waals surface area contributed by atoms with Crippen molar-refractivity contribution in [2.45, 2.75) is 25.9 Å². The summed E-state index contributed by atoms with van der Waals surface area (Å²) in [5.41, 5.74) is 0. The van der Waals surface area contributed by atoms with Crippen molar-refractivity contribution in [3.05, 3.63) is 12.7 Å². The van der Waals surface area contributed by atoms with Crippen molar-refractivity contribution in [3.8, 4) is 0 Å². The van der Waals surface area contributed by atoms with Crippen LogP contribution in [0.1, 0.15) is 19.8 Å². The topological polar surface area (TPSA) is 26.3 Å². The number of hydrogen-bond acceptors (Lipinski definition) is 2. The van der Waals surface area contributed by atoms with Gasteiger partial charge >= 0.3 is 12.1 Å². The largest absolute Gasteiger partial charge is 0.466 e. The molecule has 0 N–H and O–H groups in total. The number of carbonyl (C=O) groups is 1. The van der Waals surface area contributed by atoms with Crippen molar-refractivity contribution in [2.75, 3.05) is 6.61 Å². The molecule has 2 nitrogen and oxygen atoms in total. The van der Waals surface area contributed by atoms with E-state index in [4.69, 9.17) is 0 Å². The molecule has 0 fully saturated rings. The smallest absolute Gasteiger partial charge is 0.392 e. The van der Waals surface area contributed by atoms with E-state index in [-0.39, 0.29) is 13.0 Å². The van der Waals surface area contributed by atoms with Gasteiger partial charge in [0.25, 0.3) is 0 Å². The number of rotatable bonds is 5. The van der Waals surface area contributed by atoms with Gasteiger partial charge in [-0.2, -0.15) is 13.2 Å². The van der Waals surface area contributed by atoms with Crippen molar-refractivity contribution < 1.29 is 22.7 Å². The van der Waals surface area contributed by atoms with Gasteiger partial charge in [0.1, 0.15) is 0 Å². The maximum atomic E-state index is 12.3. The van der Waals surface area contributed by atoms with Crippen LogP contribution in [-0.4, -0.2) is 18.8 Å². The van der Waals surface area contributed by atoms with E-state index in [0.29, 0.717) is 0 Å². The van der Waals surface area contributed by atoms with Crippen LogP contribution >= 0.6 is 0 Å². The van der Waals surface area contributed by atoms with Crippen LogP contribution in [0.3, 0.4) is 0 Å². The third-order valence-corrected chi connectivity index (χ3v) is 1.63. The summed E-state index contributed by atoms with van der Waals surface area (Å²) in [5.74, 6) is -2.50. The first-order chi connectivity index (χ1) is 6.41. The molecule has 14 heavy (non-hydrogen) atoms. The van der Waals surface area contributed by atoms with Gasteiger partial charge in [-0.05, 0) is 13.3 Å². The van der Waals surface area contributed by atoms with Gasteiger partial charge < -0.3 is 4.74 Å².